The van der Waals surface area contributed by atoms with Gasteiger partial charge in [-0.3, -0.25) is 4.79 Å². The van der Waals surface area contributed by atoms with Crippen molar-refractivity contribution in [3.05, 3.63) is 65.7 Å². The molecule has 3 atom stereocenters. The van der Waals surface area contributed by atoms with Gasteiger partial charge >= 0.3 is 0 Å². The second kappa shape index (κ2) is 11.1. The highest BCUT2D eigenvalue weighted by Crippen LogP contribution is 2.23. The molecule has 1 saturated heterocycles. The zero-order valence-electron chi connectivity index (χ0n) is 17.8. The molecule has 0 aliphatic carbocycles. The van der Waals surface area contributed by atoms with E-state index in [-0.39, 0.29) is 12.0 Å². The number of carbonyl (C=O) groups is 1. The van der Waals surface area contributed by atoms with Crippen LogP contribution in [0.3, 0.4) is 0 Å². The first kappa shape index (κ1) is 22.3. The van der Waals surface area contributed by atoms with Gasteiger partial charge in [0.2, 0.25) is 0 Å². The fourth-order valence-corrected chi connectivity index (χ4v) is 3.69. The number of rotatable bonds is 9. The number of nitrogens with one attached hydrogen (secondary N) is 1. The number of hydrogen-bond donors (Lipinski definition) is 2. The van der Waals surface area contributed by atoms with Crippen LogP contribution in [0.2, 0.25) is 0 Å². The number of benzene rings is 2. The second-order valence-corrected chi connectivity index (χ2v) is 7.90. The quantitative estimate of drug-likeness (QED) is 0.663. The molecule has 2 N–H and O–H groups in total. The molecule has 1 heterocycles. The Bertz CT molecular complexity index is 782. The van der Waals surface area contributed by atoms with Gasteiger partial charge in [0.25, 0.3) is 5.91 Å². The van der Waals surface area contributed by atoms with Crippen molar-refractivity contribution in [2.75, 3.05) is 20.7 Å². The van der Waals surface area contributed by atoms with Crippen molar-refractivity contribution in [1.29, 1.82) is 0 Å². The summed E-state index contributed by atoms with van der Waals surface area (Å²) in [5.41, 5.74) is 2.24. The number of methoxy groups -OCH3 is 1. The number of carbonyl (C=O) groups excluding carboxylic acids is 1. The summed E-state index contributed by atoms with van der Waals surface area (Å²) in [5, 5.41) is 13.2. The maximum Gasteiger partial charge on any atom is 0.252 e. The molecule has 30 heavy (non-hydrogen) atoms. The van der Waals surface area contributed by atoms with E-state index in [2.05, 4.69) is 29.4 Å². The van der Waals surface area contributed by atoms with E-state index in [1.165, 1.54) is 5.56 Å². The third kappa shape index (κ3) is 6.55. The first-order valence-electron chi connectivity index (χ1n) is 10.5. The van der Waals surface area contributed by atoms with Crippen LogP contribution in [0.4, 0.5) is 0 Å². The van der Waals surface area contributed by atoms with E-state index in [9.17, 15) is 9.90 Å². The molecule has 0 radical (unpaired) electrons. The summed E-state index contributed by atoms with van der Waals surface area (Å²) in [6.07, 6.45) is 0.568. The van der Waals surface area contributed by atoms with Crippen molar-refractivity contribution in [2.24, 2.45) is 0 Å². The highest BCUT2D eigenvalue weighted by molar-refractivity contribution is 5.81. The predicted molar refractivity (Wildman–Crippen MR) is 116 cm³/mol. The Morgan fingerprint density at radius 1 is 1.13 bits per heavy atom. The molecule has 0 spiro atoms. The summed E-state index contributed by atoms with van der Waals surface area (Å²) in [6.45, 7) is 2.14. The lowest BCUT2D eigenvalue weighted by atomic mass is 9.98. The van der Waals surface area contributed by atoms with Crippen LogP contribution in [-0.2, 0) is 22.6 Å². The number of aliphatic hydroxyl groups excluding tert-OH is 1. The van der Waals surface area contributed by atoms with Crippen molar-refractivity contribution in [3.63, 3.8) is 0 Å². The molecule has 0 aromatic heterocycles. The molecule has 6 heteroatoms. The molecule has 0 saturated carbocycles. The van der Waals surface area contributed by atoms with Gasteiger partial charge in [0.1, 0.15) is 5.75 Å². The minimum absolute atomic E-state index is 0.0247. The Kier molecular flexibility index (Phi) is 8.25. The Labute approximate surface area is 178 Å². The summed E-state index contributed by atoms with van der Waals surface area (Å²) >= 11 is 0. The molecular formula is C24H32N2O4. The molecule has 1 aliphatic heterocycles. The molecule has 0 bridgehead atoms. The molecule has 162 valence electrons. The number of amides is 1. The Morgan fingerprint density at radius 3 is 2.57 bits per heavy atom. The molecule has 3 rings (SSSR count). The lowest BCUT2D eigenvalue weighted by molar-refractivity contribution is -0.158. The average Bonchev–Trinajstić information content (AvgIpc) is 2.78. The van der Waals surface area contributed by atoms with Gasteiger partial charge in [0.15, 0.2) is 6.10 Å². The fraction of sp³-hybridized carbons (Fsp3) is 0.458. The molecule has 1 amide bonds. The van der Waals surface area contributed by atoms with Gasteiger partial charge in [0, 0.05) is 19.6 Å². The number of aliphatic hydroxyl groups is 1. The fourth-order valence-electron chi connectivity index (χ4n) is 3.69. The van der Waals surface area contributed by atoms with Crippen molar-refractivity contribution in [3.8, 4) is 5.75 Å². The third-order valence-electron chi connectivity index (χ3n) is 5.49. The van der Waals surface area contributed by atoms with Crippen LogP contribution in [0.25, 0.3) is 0 Å². The van der Waals surface area contributed by atoms with Gasteiger partial charge in [-0.05, 0) is 49.6 Å². The van der Waals surface area contributed by atoms with Crippen molar-refractivity contribution < 1.29 is 19.4 Å². The van der Waals surface area contributed by atoms with Crippen molar-refractivity contribution in [2.45, 2.75) is 50.7 Å². The smallest absolute Gasteiger partial charge is 0.252 e. The van der Waals surface area contributed by atoms with E-state index in [0.29, 0.717) is 13.0 Å². The lowest BCUT2D eigenvalue weighted by Crippen LogP contribution is -2.49. The van der Waals surface area contributed by atoms with Crippen molar-refractivity contribution in [1.82, 2.24) is 10.2 Å². The van der Waals surface area contributed by atoms with E-state index in [0.717, 1.165) is 37.2 Å². The van der Waals surface area contributed by atoms with E-state index in [1.807, 2.05) is 42.5 Å². The largest absolute Gasteiger partial charge is 0.497 e. The van der Waals surface area contributed by atoms with Crippen LogP contribution in [0, 0.1) is 0 Å². The maximum absolute atomic E-state index is 12.6. The zero-order chi connectivity index (χ0) is 21.3. The third-order valence-corrected chi connectivity index (χ3v) is 5.49. The summed E-state index contributed by atoms with van der Waals surface area (Å²) in [4.78, 5) is 14.9. The van der Waals surface area contributed by atoms with Gasteiger partial charge in [-0.25, -0.2) is 0 Å². The van der Waals surface area contributed by atoms with Crippen LogP contribution in [-0.4, -0.2) is 54.9 Å². The Hall–Kier alpha value is -2.41. The number of nitrogens with zero attached hydrogens (tertiary/aromatic N) is 1. The molecule has 6 nitrogen and oxygen atoms in total. The van der Waals surface area contributed by atoms with Crippen LogP contribution < -0.4 is 10.1 Å². The Balaban J connectivity index is 1.44. The molecule has 1 fully saturated rings. The zero-order valence-corrected chi connectivity index (χ0v) is 17.8. The van der Waals surface area contributed by atoms with Gasteiger partial charge in [0.05, 0.1) is 19.3 Å². The summed E-state index contributed by atoms with van der Waals surface area (Å²) in [7, 11) is 3.71. The SMILES string of the molecule is COc1ccc(CNC(=O)[C@H]2O[C@@H](CCN(C)Cc3ccccc3)CC[C@@H]2O)cc1. The molecule has 2 aromatic carbocycles. The second-order valence-electron chi connectivity index (χ2n) is 7.90. The molecule has 1 aliphatic rings. The van der Waals surface area contributed by atoms with Crippen LogP contribution >= 0.6 is 0 Å². The van der Waals surface area contributed by atoms with E-state index in [4.69, 9.17) is 9.47 Å². The Morgan fingerprint density at radius 2 is 1.87 bits per heavy atom. The average molecular weight is 413 g/mol. The van der Waals surface area contributed by atoms with Gasteiger partial charge < -0.3 is 24.8 Å². The van der Waals surface area contributed by atoms with Crippen LogP contribution in [0.1, 0.15) is 30.4 Å². The van der Waals surface area contributed by atoms with E-state index < -0.39 is 12.2 Å². The van der Waals surface area contributed by atoms with E-state index >= 15 is 0 Å². The van der Waals surface area contributed by atoms with Gasteiger partial charge in [-0.15, -0.1) is 0 Å². The molecular weight excluding hydrogens is 380 g/mol. The molecule has 2 aromatic rings. The highest BCUT2D eigenvalue weighted by Gasteiger charge is 2.34. The summed E-state index contributed by atoms with van der Waals surface area (Å²) in [6, 6.07) is 17.9. The van der Waals surface area contributed by atoms with Crippen LogP contribution in [0.15, 0.2) is 54.6 Å². The topological polar surface area (TPSA) is 71.0 Å². The lowest BCUT2D eigenvalue weighted by Gasteiger charge is -2.33. The predicted octanol–water partition coefficient (Wildman–Crippen LogP) is 2.74. The first-order valence-corrected chi connectivity index (χ1v) is 10.5. The maximum atomic E-state index is 12.6. The van der Waals surface area contributed by atoms with Crippen LogP contribution in [0.5, 0.6) is 5.75 Å². The number of ether oxygens (including phenoxy) is 2. The first-order chi connectivity index (χ1) is 14.5. The normalized spacial score (nSPS) is 21.4. The minimum Gasteiger partial charge on any atom is -0.497 e. The highest BCUT2D eigenvalue weighted by atomic mass is 16.5. The minimum atomic E-state index is -0.818. The summed E-state index contributed by atoms with van der Waals surface area (Å²) < 4.78 is 11.1. The van der Waals surface area contributed by atoms with E-state index in [1.54, 1.807) is 7.11 Å². The van der Waals surface area contributed by atoms with Gasteiger partial charge in [-0.2, -0.15) is 0 Å². The standard InChI is InChI=1S/C24H32N2O4/c1-26(17-19-6-4-3-5-7-19)15-14-21-12-13-22(27)23(30-21)24(28)25-16-18-8-10-20(29-2)11-9-18/h3-11,21-23,27H,12-17H2,1-2H3,(H,25,28)/t21-,22+,23+/m1/s1. The van der Waals surface area contributed by atoms with Crippen molar-refractivity contribution >= 4 is 5.91 Å². The number of hydrogen-bond acceptors (Lipinski definition) is 5. The summed E-state index contributed by atoms with van der Waals surface area (Å²) in [5.74, 6) is 0.511. The monoisotopic (exact) mass is 412 g/mol. The molecule has 0 unspecified atom stereocenters. The van der Waals surface area contributed by atoms with Gasteiger partial charge in [-0.1, -0.05) is 42.5 Å².